The largest absolute Gasteiger partial charge is 0.321 e. The van der Waals surface area contributed by atoms with Gasteiger partial charge in [0.1, 0.15) is 26.2 Å². The highest BCUT2D eigenvalue weighted by Crippen LogP contribution is 2.27. The Labute approximate surface area is 178 Å². The van der Waals surface area contributed by atoms with Crippen LogP contribution in [0, 0.1) is 13.8 Å². The van der Waals surface area contributed by atoms with Gasteiger partial charge >= 0.3 is 0 Å². The van der Waals surface area contributed by atoms with Crippen LogP contribution in [-0.4, -0.2) is 57.6 Å². The first-order chi connectivity index (χ1) is 14.5. The van der Waals surface area contributed by atoms with E-state index in [1.54, 1.807) is 0 Å². The molecule has 2 aromatic rings. The van der Waals surface area contributed by atoms with E-state index in [1.165, 1.54) is 20.9 Å². The Morgan fingerprint density at radius 2 is 1.63 bits per heavy atom. The van der Waals surface area contributed by atoms with E-state index in [0.29, 0.717) is 13.1 Å². The molecule has 2 amide bonds. The van der Waals surface area contributed by atoms with Crippen molar-refractivity contribution in [3.63, 3.8) is 0 Å². The monoisotopic (exact) mass is 408 g/mol. The fraction of sp³-hybridized carbons (Fsp3) is 0.417. The molecule has 6 heteroatoms. The Morgan fingerprint density at radius 1 is 0.933 bits per heavy atom. The van der Waals surface area contributed by atoms with Crippen molar-refractivity contribution in [2.45, 2.75) is 20.3 Å². The molecule has 0 atom stereocenters. The number of aryl methyl sites for hydroxylation is 1. The summed E-state index contributed by atoms with van der Waals surface area (Å²) in [7, 11) is 0. The zero-order valence-corrected chi connectivity index (χ0v) is 18.0. The van der Waals surface area contributed by atoms with Crippen molar-refractivity contribution in [2.75, 3.05) is 56.0 Å². The highest BCUT2D eigenvalue weighted by Gasteiger charge is 2.30. The highest BCUT2D eigenvalue weighted by molar-refractivity contribution is 5.96. The van der Waals surface area contributed by atoms with E-state index in [9.17, 15) is 9.59 Å². The van der Waals surface area contributed by atoms with Crippen molar-refractivity contribution < 1.29 is 19.4 Å². The summed E-state index contributed by atoms with van der Waals surface area (Å²) >= 11 is 0. The van der Waals surface area contributed by atoms with Gasteiger partial charge in [-0.05, 0) is 49.1 Å². The molecular formula is C24H32N4O2+2. The van der Waals surface area contributed by atoms with E-state index in [4.69, 9.17) is 0 Å². The van der Waals surface area contributed by atoms with Gasteiger partial charge in [0.05, 0.1) is 0 Å². The average Bonchev–Trinajstić information content (AvgIpc) is 3.17. The predicted molar refractivity (Wildman–Crippen MR) is 118 cm³/mol. The van der Waals surface area contributed by atoms with Gasteiger partial charge in [-0.25, -0.2) is 0 Å². The SMILES string of the molecule is Cc1cccc(NC(=O)C[NH+]2CC[NH+](CC(=O)N3CCc4ccccc43)CC2)c1C. The van der Waals surface area contributed by atoms with Gasteiger partial charge in [-0.1, -0.05) is 30.3 Å². The van der Waals surface area contributed by atoms with Crippen LogP contribution in [0.2, 0.25) is 0 Å². The first-order valence-electron chi connectivity index (χ1n) is 10.9. The van der Waals surface area contributed by atoms with Crippen molar-refractivity contribution in [1.82, 2.24) is 0 Å². The second-order valence-electron chi connectivity index (χ2n) is 8.57. The molecule has 2 heterocycles. The van der Waals surface area contributed by atoms with Crippen molar-refractivity contribution in [2.24, 2.45) is 0 Å². The summed E-state index contributed by atoms with van der Waals surface area (Å²) in [5.74, 6) is 0.276. The fourth-order valence-corrected chi connectivity index (χ4v) is 4.53. The smallest absolute Gasteiger partial charge is 0.282 e. The quantitative estimate of drug-likeness (QED) is 0.632. The van der Waals surface area contributed by atoms with Crippen LogP contribution >= 0.6 is 0 Å². The number of rotatable bonds is 5. The third-order valence-electron chi connectivity index (χ3n) is 6.54. The van der Waals surface area contributed by atoms with Crippen LogP contribution in [0.4, 0.5) is 11.4 Å². The number of nitrogens with zero attached hydrogens (tertiary/aromatic N) is 1. The number of nitrogens with one attached hydrogen (secondary N) is 3. The molecule has 0 unspecified atom stereocenters. The van der Waals surface area contributed by atoms with Crippen LogP contribution in [0.25, 0.3) is 0 Å². The van der Waals surface area contributed by atoms with E-state index in [2.05, 4.69) is 24.4 Å². The molecule has 1 saturated heterocycles. The molecule has 158 valence electrons. The minimum absolute atomic E-state index is 0.0619. The number of hydrogen-bond acceptors (Lipinski definition) is 2. The zero-order chi connectivity index (χ0) is 21.1. The Balaban J connectivity index is 1.24. The number of para-hydroxylation sites is 1. The number of carbonyl (C=O) groups is 2. The van der Waals surface area contributed by atoms with Crippen molar-refractivity contribution >= 4 is 23.2 Å². The predicted octanol–water partition coefficient (Wildman–Crippen LogP) is -0.385. The molecule has 0 aliphatic carbocycles. The van der Waals surface area contributed by atoms with E-state index in [0.717, 1.165) is 56.1 Å². The maximum absolute atomic E-state index is 12.8. The lowest BCUT2D eigenvalue weighted by Crippen LogP contribution is -3.28. The number of amides is 2. The van der Waals surface area contributed by atoms with Crippen LogP contribution in [0.1, 0.15) is 16.7 Å². The minimum Gasteiger partial charge on any atom is -0.321 e. The second kappa shape index (κ2) is 8.98. The summed E-state index contributed by atoms with van der Waals surface area (Å²) in [6.45, 7) is 9.58. The van der Waals surface area contributed by atoms with Crippen molar-refractivity contribution in [3.8, 4) is 0 Å². The molecule has 2 aliphatic rings. The summed E-state index contributed by atoms with van der Waals surface area (Å²) in [6.07, 6.45) is 0.949. The molecule has 0 radical (unpaired) electrons. The van der Waals surface area contributed by atoms with Gasteiger partial charge in [0.15, 0.2) is 13.1 Å². The van der Waals surface area contributed by atoms with Gasteiger partial charge < -0.3 is 20.0 Å². The topological polar surface area (TPSA) is 58.3 Å². The number of carbonyl (C=O) groups excluding carboxylic acids is 2. The van der Waals surface area contributed by atoms with Gasteiger partial charge in [0, 0.05) is 17.9 Å². The van der Waals surface area contributed by atoms with Gasteiger partial charge in [-0.3, -0.25) is 9.59 Å². The molecular weight excluding hydrogens is 376 g/mol. The summed E-state index contributed by atoms with van der Waals surface area (Å²) in [5, 5.41) is 3.06. The van der Waals surface area contributed by atoms with Gasteiger partial charge in [-0.15, -0.1) is 0 Å². The van der Waals surface area contributed by atoms with Gasteiger partial charge in [-0.2, -0.15) is 0 Å². The molecule has 4 rings (SSSR count). The van der Waals surface area contributed by atoms with E-state index < -0.39 is 0 Å². The number of hydrogen-bond donors (Lipinski definition) is 3. The number of anilines is 2. The van der Waals surface area contributed by atoms with Crippen LogP contribution in [0.15, 0.2) is 42.5 Å². The van der Waals surface area contributed by atoms with E-state index in [1.807, 2.05) is 42.2 Å². The molecule has 30 heavy (non-hydrogen) atoms. The maximum Gasteiger partial charge on any atom is 0.282 e. The molecule has 0 bridgehead atoms. The summed E-state index contributed by atoms with van der Waals surface area (Å²) in [6, 6.07) is 14.2. The van der Waals surface area contributed by atoms with Crippen molar-refractivity contribution in [3.05, 3.63) is 59.2 Å². The molecule has 2 aromatic carbocycles. The Kier molecular flexibility index (Phi) is 6.16. The molecule has 2 aliphatic heterocycles. The van der Waals surface area contributed by atoms with Crippen molar-refractivity contribution in [1.29, 1.82) is 0 Å². The third-order valence-corrected chi connectivity index (χ3v) is 6.54. The Morgan fingerprint density at radius 3 is 2.40 bits per heavy atom. The van der Waals surface area contributed by atoms with Gasteiger partial charge in [0.25, 0.3) is 11.8 Å². The molecule has 1 fully saturated rings. The molecule has 6 nitrogen and oxygen atoms in total. The average molecular weight is 409 g/mol. The van der Waals surface area contributed by atoms with Crippen LogP contribution < -0.4 is 20.0 Å². The van der Waals surface area contributed by atoms with Crippen LogP contribution in [0.3, 0.4) is 0 Å². The summed E-state index contributed by atoms with van der Waals surface area (Å²) in [5.41, 5.74) is 5.55. The number of quaternary nitrogens is 2. The van der Waals surface area contributed by atoms with Crippen LogP contribution in [-0.2, 0) is 16.0 Å². The normalized spacial score (nSPS) is 20.7. The first kappa shape index (κ1) is 20.6. The van der Waals surface area contributed by atoms with Gasteiger partial charge in [0.2, 0.25) is 0 Å². The molecule has 0 saturated carbocycles. The van der Waals surface area contributed by atoms with E-state index in [-0.39, 0.29) is 11.8 Å². The summed E-state index contributed by atoms with van der Waals surface area (Å²) < 4.78 is 0. The lowest BCUT2D eigenvalue weighted by molar-refractivity contribution is -1.00. The minimum atomic E-state index is 0.0619. The highest BCUT2D eigenvalue weighted by atomic mass is 16.2. The first-order valence-corrected chi connectivity index (χ1v) is 10.9. The van der Waals surface area contributed by atoms with E-state index >= 15 is 0 Å². The maximum atomic E-state index is 12.8. The molecule has 0 spiro atoms. The molecule has 3 N–H and O–H groups in total. The zero-order valence-electron chi connectivity index (χ0n) is 18.0. The number of piperazine rings is 1. The Hall–Kier alpha value is -2.70. The lowest BCUT2D eigenvalue weighted by atomic mass is 10.1. The summed E-state index contributed by atoms with van der Waals surface area (Å²) in [4.78, 5) is 29.9. The third kappa shape index (κ3) is 4.55. The second-order valence-corrected chi connectivity index (χ2v) is 8.57. The molecule has 0 aromatic heterocycles. The Bertz CT molecular complexity index is 935. The van der Waals surface area contributed by atoms with Crippen LogP contribution in [0.5, 0.6) is 0 Å². The fourth-order valence-electron chi connectivity index (χ4n) is 4.53. The standard InChI is InChI=1S/C24H30N4O2/c1-18-6-5-8-21(19(18)2)25-23(29)16-26-12-14-27(15-13-26)17-24(30)28-11-10-20-7-3-4-9-22(20)28/h3-9H,10-17H2,1-2H3,(H,25,29)/p+2. The lowest BCUT2D eigenvalue weighted by Gasteiger charge is -2.30. The number of fused-ring (bicyclic) bond motifs is 1. The number of benzene rings is 2.